The molecule has 0 aromatic rings. The van der Waals surface area contributed by atoms with Crippen molar-refractivity contribution >= 4 is 12.0 Å². The minimum absolute atomic E-state index is 0.0546. The number of nitrogens with zero attached hydrogens (tertiary/aromatic N) is 1. The van der Waals surface area contributed by atoms with Gasteiger partial charge in [0.2, 0.25) is 0 Å². The summed E-state index contributed by atoms with van der Waals surface area (Å²) in [4.78, 5) is 24.5. The number of nitrogens with one attached hydrogen (secondary N) is 1. The Morgan fingerprint density at radius 3 is 2.83 bits per heavy atom. The van der Waals surface area contributed by atoms with Gasteiger partial charge in [-0.15, -0.1) is 0 Å². The Morgan fingerprint density at radius 2 is 2.28 bits per heavy atom. The quantitative estimate of drug-likeness (QED) is 0.773. The number of amides is 2. The summed E-state index contributed by atoms with van der Waals surface area (Å²) >= 11 is 0. The van der Waals surface area contributed by atoms with E-state index < -0.39 is 12.0 Å². The van der Waals surface area contributed by atoms with Crippen LogP contribution in [-0.4, -0.2) is 54.4 Å². The van der Waals surface area contributed by atoms with Gasteiger partial charge in [-0.25, -0.2) is 9.59 Å². The molecule has 1 rings (SSSR count). The molecule has 2 atom stereocenters. The zero-order chi connectivity index (χ0) is 13.5. The molecule has 1 aliphatic rings. The number of methoxy groups -OCH3 is 1. The molecule has 1 saturated heterocycles. The lowest BCUT2D eigenvalue weighted by atomic mass is 10.1. The monoisotopic (exact) mass is 258 g/mol. The summed E-state index contributed by atoms with van der Waals surface area (Å²) in [6.45, 7) is 3.08. The third-order valence-corrected chi connectivity index (χ3v) is 3.17. The first-order valence-electron chi connectivity index (χ1n) is 6.39. The molecule has 104 valence electrons. The van der Waals surface area contributed by atoms with Gasteiger partial charge in [0.05, 0.1) is 6.10 Å². The second-order valence-electron chi connectivity index (χ2n) is 4.57. The van der Waals surface area contributed by atoms with E-state index >= 15 is 0 Å². The van der Waals surface area contributed by atoms with Crippen molar-refractivity contribution in [2.24, 2.45) is 0 Å². The lowest BCUT2D eigenvalue weighted by Gasteiger charge is -2.32. The Labute approximate surface area is 107 Å². The van der Waals surface area contributed by atoms with Gasteiger partial charge < -0.3 is 20.1 Å². The fraction of sp³-hybridized carbons (Fsp3) is 0.833. The van der Waals surface area contributed by atoms with Gasteiger partial charge in [0.1, 0.15) is 6.04 Å². The molecule has 0 spiro atoms. The molecule has 6 heteroatoms. The Balaban J connectivity index is 2.50. The second-order valence-corrected chi connectivity index (χ2v) is 4.57. The number of ether oxygens (including phenoxy) is 1. The SMILES string of the molecule is CCCC(NC(=O)N1CCCC(OC)C1)C(=O)O. The van der Waals surface area contributed by atoms with Gasteiger partial charge >= 0.3 is 12.0 Å². The maximum Gasteiger partial charge on any atom is 0.326 e. The van der Waals surface area contributed by atoms with Crippen LogP contribution in [0.3, 0.4) is 0 Å². The number of carbonyl (C=O) groups is 2. The van der Waals surface area contributed by atoms with E-state index in [1.165, 1.54) is 0 Å². The van der Waals surface area contributed by atoms with E-state index in [1.807, 2.05) is 6.92 Å². The number of urea groups is 1. The number of carboxylic acid groups (broad SMARTS) is 1. The van der Waals surface area contributed by atoms with Crippen LogP contribution < -0.4 is 5.32 Å². The molecular weight excluding hydrogens is 236 g/mol. The molecule has 0 aromatic carbocycles. The van der Waals surface area contributed by atoms with Crippen LogP contribution in [-0.2, 0) is 9.53 Å². The molecule has 0 radical (unpaired) electrons. The van der Waals surface area contributed by atoms with Crippen LogP contribution >= 0.6 is 0 Å². The zero-order valence-corrected chi connectivity index (χ0v) is 11.0. The van der Waals surface area contributed by atoms with Crippen LogP contribution in [0.25, 0.3) is 0 Å². The molecule has 0 aromatic heterocycles. The van der Waals surface area contributed by atoms with Crippen molar-refractivity contribution in [1.29, 1.82) is 0 Å². The average molecular weight is 258 g/mol. The van der Waals surface area contributed by atoms with Crippen molar-refractivity contribution in [3.05, 3.63) is 0 Å². The molecule has 1 aliphatic heterocycles. The molecule has 18 heavy (non-hydrogen) atoms. The van der Waals surface area contributed by atoms with Crippen LogP contribution in [0.5, 0.6) is 0 Å². The first-order chi connectivity index (χ1) is 8.58. The minimum atomic E-state index is -0.981. The second kappa shape index (κ2) is 7.20. The maximum absolute atomic E-state index is 11.9. The van der Waals surface area contributed by atoms with Gasteiger partial charge in [0.15, 0.2) is 0 Å². The molecule has 1 heterocycles. The number of hydrogen-bond donors (Lipinski definition) is 2. The van der Waals surface area contributed by atoms with Crippen molar-refractivity contribution in [3.8, 4) is 0 Å². The van der Waals surface area contributed by atoms with Gasteiger partial charge in [-0.3, -0.25) is 0 Å². The molecule has 2 amide bonds. The number of carboxylic acids is 1. The van der Waals surface area contributed by atoms with Crippen molar-refractivity contribution < 1.29 is 19.4 Å². The number of rotatable bonds is 5. The Hall–Kier alpha value is -1.30. The summed E-state index contributed by atoms with van der Waals surface area (Å²) in [6.07, 6.45) is 3.05. The molecule has 0 aliphatic carbocycles. The highest BCUT2D eigenvalue weighted by atomic mass is 16.5. The number of likely N-dealkylation sites (tertiary alicyclic amines) is 1. The third kappa shape index (κ3) is 4.18. The van der Waals surface area contributed by atoms with E-state index in [0.29, 0.717) is 19.5 Å². The van der Waals surface area contributed by atoms with E-state index in [0.717, 1.165) is 19.3 Å². The van der Waals surface area contributed by atoms with E-state index in [-0.39, 0.29) is 12.1 Å². The van der Waals surface area contributed by atoms with Crippen LogP contribution in [0.2, 0.25) is 0 Å². The van der Waals surface area contributed by atoms with Gasteiger partial charge in [-0.05, 0) is 19.3 Å². The summed E-state index contributed by atoms with van der Waals surface area (Å²) in [5.41, 5.74) is 0. The zero-order valence-electron chi connectivity index (χ0n) is 11.0. The Bertz CT molecular complexity index is 296. The van der Waals surface area contributed by atoms with Crippen LogP contribution in [0, 0.1) is 0 Å². The summed E-state index contributed by atoms with van der Waals surface area (Å²) in [5, 5.41) is 11.6. The summed E-state index contributed by atoms with van der Waals surface area (Å²) in [7, 11) is 1.63. The van der Waals surface area contributed by atoms with E-state index in [9.17, 15) is 9.59 Å². The van der Waals surface area contributed by atoms with Gasteiger partial charge in [0, 0.05) is 20.2 Å². The number of aliphatic carboxylic acids is 1. The number of carbonyl (C=O) groups excluding carboxylic acids is 1. The van der Waals surface area contributed by atoms with Crippen molar-refractivity contribution in [2.45, 2.75) is 44.8 Å². The first kappa shape index (κ1) is 14.8. The van der Waals surface area contributed by atoms with Crippen LogP contribution in [0.15, 0.2) is 0 Å². The molecule has 0 bridgehead atoms. The molecule has 1 fully saturated rings. The summed E-state index contributed by atoms with van der Waals surface area (Å²) in [5.74, 6) is -0.981. The minimum Gasteiger partial charge on any atom is -0.480 e. The van der Waals surface area contributed by atoms with Crippen LogP contribution in [0.1, 0.15) is 32.6 Å². The van der Waals surface area contributed by atoms with E-state index in [1.54, 1.807) is 12.0 Å². The van der Waals surface area contributed by atoms with Gasteiger partial charge in [-0.2, -0.15) is 0 Å². The topological polar surface area (TPSA) is 78.9 Å². The predicted molar refractivity (Wildman–Crippen MR) is 66.5 cm³/mol. The Kier molecular flexibility index (Phi) is 5.91. The normalized spacial score (nSPS) is 21.4. The molecule has 2 N–H and O–H groups in total. The lowest BCUT2D eigenvalue weighted by molar-refractivity contribution is -0.139. The molecule has 0 saturated carbocycles. The van der Waals surface area contributed by atoms with Gasteiger partial charge in [0.25, 0.3) is 0 Å². The van der Waals surface area contributed by atoms with E-state index in [2.05, 4.69) is 5.32 Å². The smallest absolute Gasteiger partial charge is 0.326 e. The van der Waals surface area contributed by atoms with Gasteiger partial charge in [-0.1, -0.05) is 13.3 Å². The fourth-order valence-corrected chi connectivity index (χ4v) is 2.10. The highest BCUT2D eigenvalue weighted by Gasteiger charge is 2.26. The molecule has 6 nitrogen and oxygen atoms in total. The molecular formula is C12H22N2O4. The lowest BCUT2D eigenvalue weighted by Crippen LogP contribution is -2.51. The fourth-order valence-electron chi connectivity index (χ4n) is 2.10. The predicted octanol–water partition coefficient (Wildman–Crippen LogP) is 1.06. The molecule has 2 unspecified atom stereocenters. The number of hydrogen-bond acceptors (Lipinski definition) is 3. The highest BCUT2D eigenvalue weighted by Crippen LogP contribution is 2.12. The van der Waals surface area contributed by atoms with Crippen molar-refractivity contribution in [1.82, 2.24) is 10.2 Å². The summed E-state index contributed by atoms with van der Waals surface area (Å²) < 4.78 is 5.23. The Morgan fingerprint density at radius 1 is 1.56 bits per heavy atom. The average Bonchev–Trinajstić information content (AvgIpc) is 2.38. The standard InChI is InChI=1S/C12H22N2O4/c1-3-5-10(11(15)16)13-12(17)14-7-4-6-9(8-14)18-2/h9-10H,3-8H2,1-2H3,(H,13,17)(H,15,16). The third-order valence-electron chi connectivity index (χ3n) is 3.17. The van der Waals surface area contributed by atoms with Crippen LogP contribution in [0.4, 0.5) is 4.79 Å². The maximum atomic E-state index is 11.9. The summed E-state index contributed by atoms with van der Waals surface area (Å²) in [6, 6.07) is -1.11. The first-order valence-corrected chi connectivity index (χ1v) is 6.39. The van der Waals surface area contributed by atoms with Crippen molar-refractivity contribution in [2.75, 3.05) is 20.2 Å². The van der Waals surface area contributed by atoms with E-state index in [4.69, 9.17) is 9.84 Å². The highest BCUT2D eigenvalue weighted by molar-refractivity contribution is 5.82. The number of piperidine rings is 1. The largest absolute Gasteiger partial charge is 0.480 e. The van der Waals surface area contributed by atoms with Crippen molar-refractivity contribution in [3.63, 3.8) is 0 Å².